The molecule has 0 saturated heterocycles. The Balaban J connectivity index is 2.02. The van der Waals surface area contributed by atoms with Crippen molar-refractivity contribution in [2.45, 2.75) is 6.54 Å². The van der Waals surface area contributed by atoms with Gasteiger partial charge in [-0.2, -0.15) is 0 Å². The van der Waals surface area contributed by atoms with E-state index >= 15 is 0 Å². The lowest BCUT2D eigenvalue weighted by molar-refractivity contribution is -0.131. The maximum absolute atomic E-state index is 12.9. The molecule has 0 aromatic heterocycles. The molecule has 0 spiro atoms. The van der Waals surface area contributed by atoms with E-state index in [0.29, 0.717) is 6.54 Å². The number of anilines is 1. The molecule has 2 rings (SSSR count). The van der Waals surface area contributed by atoms with E-state index in [1.54, 1.807) is 18.2 Å². The molecular formula is C17H16FNO2. The lowest BCUT2D eigenvalue weighted by atomic mass is 10.1. The van der Waals surface area contributed by atoms with Gasteiger partial charge in [0.1, 0.15) is 5.82 Å². The number of nitrogens with zero attached hydrogens (tertiary/aromatic N) is 1. The maximum Gasteiger partial charge on any atom is 0.328 e. The summed E-state index contributed by atoms with van der Waals surface area (Å²) >= 11 is 0. The number of aliphatic carboxylic acids is 1. The topological polar surface area (TPSA) is 40.5 Å². The summed E-state index contributed by atoms with van der Waals surface area (Å²) in [6, 6.07) is 14.0. The highest BCUT2D eigenvalue weighted by atomic mass is 19.1. The first-order valence-corrected chi connectivity index (χ1v) is 6.51. The van der Waals surface area contributed by atoms with Gasteiger partial charge >= 0.3 is 5.97 Å². The van der Waals surface area contributed by atoms with Crippen molar-refractivity contribution in [3.8, 4) is 0 Å². The van der Waals surface area contributed by atoms with Crippen LogP contribution in [0.5, 0.6) is 0 Å². The Morgan fingerprint density at radius 2 is 1.76 bits per heavy atom. The Morgan fingerprint density at radius 1 is 1.14 bits per heavy atom. The highest BCUT2D eigenvalue weighted by Gasteiger charge is 2.02. The average molecular weight is 285 g/mol. The number of halogens is 1. The number of carboxylic acid groups (broad SMARTS) is 1. The van der Waals surface area contributed by atoms with Crippen LogP contribution in [-0.4, -0.2) is 18.1 Å². The first-order chi connectivity index (χ1) is 10.0. The third-order valence-electron chi connectivity index (χ3n) is 3.09. The molecule has 0 fully saturated rings. The van der Waals surface area contributed by atoms with Gasteiger partial charge in [0.25, 0.3) is 0 Å². The van der Waals surface area contributed by atoms with Crippen LogP contribution in [-0.2, 0) is 11.3 Å². The molecule has 0 unspecified atom stereocenters. The van der Waals surface area contributed by atoms with E-state index in [1.807, 2.05) is 36.2 Å². The minimum absolute atomic E-state index is 0.248. The van der Waals surface area contributed by atoms with E-state index in [-0.39, 0.29) is 5.82 Å². The first kappa shape index (κ1) is 14.8. The van der Waals surface area contributed by atoms with Gasteiger partial charge in [0.05, 0.1) is 0 Å². The molecule has 0 aliphatic rings. The van der Waals surface area contributed by atoms with Gasteiger partial charge < -0.3 is 10.0 Å². The van der Waals surface area contributed by atoms with Crippen molar-refractivity contribution >= 4 is 17.7 Å². The lowest BCUT2D eigenvalue weighted by Crippen LogP contribution is -2.16. The van der Waals surface area contributed by atoms with E-state index in [4.69, 9.17) is 5.11 Å². The second-order valence-corrected chi connectivity index (χ2v) is 4.75. The summed E-state index contributed by atoms with van der Waals surface area (Å²) < 4.78 is 12.9. The smallest absolute Gasteiger partial charge is 0.328 e. The van der Waals surface area contributed by atoms with Gasteiger partial charge in [-0.1, -0.05) is 24.3 Å². The maximum atomic E-state index is 12.9. The van der Waals surface area contributed by atoms with Crippen LogP contribution in [0.4, 0.5) is 10.1 Å². The molecule has 2 aromatic carbocycles. The molecule has 0 heterocycles. The van der Waals surface area contributed by atoms with Gasteiger partial charge in [0, 0.05) is 25.4 Å². The van der Waals surface area contributed by atoms with Crippen molar-refractivity contribution in [3.05, 3.63) is 71.6 Å². The largest absolute Gasteiger partial charge is 0.478 e. The van der Waals surface area contributed by atoms with Gasteiger partial charge in [0.15, 0.2) is 0 Å². The third kappa shape index (κ3) is 4.45. The van der Waals surface area contributed by atoms with Crippen molar-refractivity contribution < 1.29 is 14.3 Å². The van der Waals surface area contributed by atoms with Gasteiger partial charge in [-0.15, -0.1) is 0 Å². The fourth-order valence-electron chi connectivity index (χ4n) is 1.96. The van der Waals surface area contributed by atoms with Crippen LogP contribution in [0.2, 0.25) is 0 Å². The standard InChI is InChI=1S/C17H16FNO2/c1-19(16-9-7-15(18)8-10-16)12-14-4-2-13(3-5-14)6-11-17(20)21/h2-11H,12H2,1H3,(H,20,21). The van der Waals surface area contributed by atoms with Crippen LogP contribution in [0.3, 0.4) is 0 Å². The summed E-state index contributed by atoms with van der Waals surface area (Å²) in [5.74, 6) is -1.21. The minimum Gasteiger partial charge on any atom is -0.478 e. The van der Waals surface area contributed by atoms with Crippen LogP contribution in [0.1, 0.15) is 11.1 Å². The molecule has 0 atom stereocenters. The molecule has 0 bridgehead atoms. The van der Waals surface area contributed by atoms with Crippen LogP contribution in [0, 0.1) is 5.82 Å². The monoisotopic (exact) mass is 285 g/mol. The highest BCUT2D eigenvalue weighted by molar-refractivity contribution is 5.85. The minimum atomic E-state index is -0.963. The number of hydrogen-bond acceptors (Lipinski definition) is 2. The summed E-state index contributed by atoms with van der Waals surface area (Å²) in [6.45, 7) is 0.689. The molecule has 21 heavy (non-hydrogen) atoms. The third-order valence-corrected chi connectivity index (χ3v) is 3.09. The molecule has 0 radical (unpaired) electrons. The Morgan fingerprint density at radius 3 is 2.33 bits per heavy atom. The van der Waals surface area contributed by atoms with Gasteiger partial charge in [0.2, 0.25) is 0 Å². The SMILES string of the molecule is CN(Cc1ccc(C=CC(=O)O)cc1)c1ccc(F)cc1. The zero-order valence-corrected chi connectivity index (χ0v) is 11.7. The Labute approximate surface area is 123 Å². The normalized spacial score (nSPS) is 10.8. The molecule has 4 heteroatoms. The highest BCUT2D eigenvalue weighted by Crippen LogP contribution is 2.16. The summed E-state index contributed by atoms with van der Waals surface area (Å²) in [6.07, 6.45) is 2.66. The number of hydrogen-bond donors (Lipinski definition) is 1. The Hall–Kier alpha value is -2.62. The molecule has 3 nitrogen and oxygen atoms in total. The molecule has 0 aliphatic carbocycles. The number of carboxylic acids is 1. The molecular weight excluding hydrogens is 269 g/mol. The summed E-state index contributed by atoms with van der Waals surface area (Å²) in [5.41, 5.74) is 2.87. The summed E-state index contributed by atoms with van der Waals surface area (Å²) in [4.78, 5) is 12.5. The molecule has 1 N–H and O–H groups in total. The molecule has 2 aromatic rings. The second kappa shape index (κ2) is 6.70. The predicted octanol–water partition coefficient (Wildman–Crippen LogP) is 3.56. The van der Waals surface area contributed by atoms with Gasteiger partial charge in [-0.3, -0.25) is 0 Å². The molecule has 0 amide bonds. The van der Waals surface area contributed by atoms with E-state index in [1.165, 1.54) is 12.1 Å². The Bertz CT molecular complexity index is 633. The van der Waals surface area contributed by atoms with Crippen LogP contribution >= 0.6 is 0 Å². The van der Waals surface area contributed by atoms with Crippen molar-refractivity contribution in [3.63, 3.8) is 0 Å². The molecule has 108 valence electrons. The van der Waals surface area contributed by atoms with Crippen molar-refractivity contribution in [1.82, 2.24) is 0 Å². The average Bonchev–Trinajstić information content (AvgIpc) is 2.47. The van der Waals surface area contributed by atoms with Gasteiger partial charge in [-0.05, 0) is 41.5 Å². The molecule has 0 aliphatic heterocycles. The Kier molecular flexibility index (Phi) is 4.72. The van der Waals surface area contributed by atoms with Crippen molar-refractivity contribution in [2.24, 2.45) is 0 Å². The summed E-state index contributed by atoms with van der Waals surface area (Å²) in [5, 5.41) is 8.57. The van der Waals surface area contributed by atoms with Gasteiger partial charge in [-0.25, -0.2) is 9.18 Å². The fraction of sp³-hybridized carbons (Fsp3) is 0.118. The van der Waals surface area contributed by atoms with Crippen molar-refractivity contribution in [1.29, 1.82) is 0 Å². The van der Waals surface area contributed by atoms with E-state index in [0.717, 1.165) is 22.9 Å². The summed E-state index contributed by atoms with van der Waals surface area (Å²) in [7, 11) is 1.94. The zero-order valence-electron chi connectivity index (χ0n) is 11.7. The predicted molar refractivity (Wildman–Crippen MR) is 81.6 cm³/mol. The number of benzene rings is 2. The first-order valence-electron chi connectivity index (χ1n) is 6.51. The van der Waals surface area contributed by atoms with E-state index < -0.39 is 5.97 Å². The quantitative estimate of drug-likeness (QED) is 0.854. The lowest BCUT2D eigenvalue weighted by Gasteiger charge is -2.19. The van der Waals surface area contributed by atoms with Crippen molar-refractivity contribution in [2.75, 3.05) is 11.9 Å². The van der Waals surface area contributed by atoms with E-state index in [2.05, 4.69) is 0 Å². The van der Waals surface area contributed by atoms with E-state index in [9.17, 15) is 9.18 Å². The second-order valence-electron chi connectivity index (χ2n) is 4.75. The van der Waals surface area contributed by atoms with Crippen LogP contribution in [0.15, 0.2) is 54.6 Å². The molecule has 0 saturated carbocycles. The zero-order chi connectivity index (χ0) is 15.2. The number of rotatable bonds is 5. The van der Waals surface area contributed by atoms with Crippen LogP contribution < -0.4 is 4.90 Å². The fourth-order valence-corrected chi connectivity index (χ4v) is 1.96. The van der Waals surface area contributed by atoms with Crippen LogP contribution in [0.25, 0.3) is 6.08 Å². The number of carbonyl (C=O) groups is 1.